The van der Waals surface area contributed by atoms with E-state index in [4.69, 9.17) is 16.3 Å². The van der Waals surface area contributed by atoms with Crippen molar-refractivity contribution >= 4 is 22.6 Å². The highest BCUT2D eigenvalue weighted by Crippen LogP contribution is 2.33. The number of hydrogen-bond acceptors (Lipinski definition) is 4. The van der Waals surface area contributed by atoms with E-state index in [1.807, 2.05) is 12.1 Å². The predicted molar refractivity (Wildman–Crippen MR) is 80.6 cm³/mol. The smallest absolute Gasteiger partial charge is 0.297 e. The number of nitrogens with zero attached hydrogens (tertiary/aromatic N) is 4. The highest BCUT2D eigenvalue weighted by Gasteiger charge is 2.20. The summed E-state index contributed by atoms with van der Waals surface area (Å²) in [5.41, 5.74) is 5.21. The van der Waals surface area contributed by atoms with Crippen LogP contribution in [0.25, 0.3) is 22.3 Å². The van der Waals surface area contributed by atoms with E-state index in [2.05, 4.69) is 25.6 Å². The molecule has 1 aliphatic rings. The zero-order valence-corrected chi connectivity index (χ0v) is 12.3. The maximum atomic E-state index is 5.89. The third-order valence-corrected chi connectivity index (χ3v) is 4.00. The molecule has 0 N–H and O–H groups in total. The largest absolute Gasteiger partial charge is 0.468 e. The summed E-state index contributed by atoms with van der Waals surface area (Å²) < 4.78 is 7.52. The van der Waals surface area contributed by atoms with Crippen molar-refractivity contribution in [3.05, 3.63) is 35.2 Å². The number of aryl methyl sites for hydroxylation is 2. The third-order valence-electron chi connectivity index (χ3n) is 3.82. The highest BCUT2D eigenvalue weighted by atomic mass is 35.5. The topological polar surface area (TPSA) is 52.8 Å². The predicted octanol–water partition coefficient (Wildman–Crippen LogP) is 3.10. The molecule has 3 heterocycles. The second kappa shape index (κ2) is 4.70. The average Bonchev–Trinajstić information content (AvgIpc) is 2.87. The molecule has 0 radical (unpaired) electrons. The van der Waals surface area contributed by atoms with E-state index < -0.39 is 0 Å². The van der Waals surface area contributed by atoms with Gasteiger partial charge in [0.15, 0.2) is 0 Å². The number of imidazole rings is 1. The Morgan fingerprint density at radius 3 is 3.00 bits per heavy atom. The summed E-state index contributed by atoms with van der Waals surface area (Å²) in [4.78, 5) is 12.8. The van der Waals surface area contributed by atoms with Crippen molar-refractivity contribution in [3.8, 4) is 17.3 Å². The molecule has 0 saturated heterocycles. The van der Waals surface area contributed by atoms with Crippen LogP contribution in [0.5, 0.6) is 6.01 Å². The van der Waals surface area contributed by atoms with Crippen LogP contribution < -0.4 is 4.74 Å². The van der Waals surface area contributed by atoms with Gasteiger partial charge in [-0.3, -0.25) is 4.57 Å². The highest BCUT2D eigenvalue weighted by molar-refractivity contribution is 6.28. The van der Waals surface area contributed by atoms with Crippen molar-refractivity contribution in [3.63, 3.8) is 0 Å². The number of hydrogen-bond donors (Lipinski definition) is 0. The molecular weight excluding hydrogens is 288 g/mol. The first-order valence-electron chi connectivity index (χ1n) is 6.82. The van der Waals surface area contributed by atoms with Crippen LogP contribution in [0.4, 0.5) is 0 Å². The van der Waals surface area contributed by atoms with Crippen molar-refractivity contribution in [2.45, 2.75) is 19.4 Å². The first kappa shape index (κ1) is 12.6. The summed E-state index contributed by atoms with van der Waals surface area (Å²) in [5.74, 6) is 0. The van der Waals surface area contributed by atoms with Crippen LogP contribution in [-0.2, 0) is 13.0 Å². The Labute approximate surface area is 126 Å². The van der Waals surface area contributed by atoms with Crippen molar-refractivity contribution in [2.24, 2.45) is 0 Å². The van der Waals surface area contributed by atoms with E-state index in [1.54, 1.807) is 13.3 Å². The zero-order chi connectivity index (χ0) is 14.4. The molecule has 0 atom stereocenters. The molecule has 2 aromatic heterocycles. The van der Waals surface area contributed by atoms with Gasteiger partial charge in [-0.1, -0.05) is 0 Å². The summed E-state index contributed by atoms with van der Waals surface area (Å²) in [5, 5.41) is 0.254. The fourth-order valence-corrected chi connectivity index (χ4v) is 3.11. The Morgan fingerprint density at radius 1 is 1.29 bits per heavy atom. The Kier molecular flexibility index (Phi) is 2.82. The third kappa shape index (κ3) is 1.96. The number of aromatic nitrogens is 4. The molecule has 21 heavy (non-hydrogen) atoms. The minimum atomic E-state index is 0.254. The molecule has 106 valence electrons. The van der Waals surface area contributed by atoms with E-state index >= 15 is 0 Å². The first-order valence-corrected chi connectivity index (χ1v) is 7.20. The van der Waals surface area contributed by atoms with Crippen molar-refractivity contribution in [1.29, 1.82) is 0 Å². The number of benzene rings is 1. The molecule has 6 heteroatoms. The van der Waals surface area contributed by atoms with Crippen molar-refractivity contribution < 1.29 is 4.74 Å². The number of methoxy groups -OCH3 is 1. The minimum absolute atomic E-state index is 0.254. The number of rotatable bonds is 2. The quantitative estimate of drug-likeness (QED) is 0.682. The summed E-state index contributed by atoms with van der Waals surface area (Å²) in [6.07, 6.45) is 3.79. The van der Waals surface area contributed by atoms with E-state index in [0.717, 1.165) is 36.2 Å². The molecule has 0 saturated carbocycles. The van der Waals surface area contributed by atoms with Gasteiger partial charge in [0.1, 0.15) is 0 Å². The fraction of sp³-hybridized carbons (Fsp3) is 0.267. The monoisotopic (exact) mass is 300 g/mol. The van der Waals surface area contributed by atoms with Gasteiger partial charge in [0, 0.05) is 18.3 Å². The lowest BCUT2D eigenvalue weighted by Crippen LogP contribution is -2.09. The Balaban J connectivity index is 1.97. The average molecular weight is 301 g/mol. The molecule has 0 amide bonds. The standard InChI is InChI=1S/C15H13ClN4O/c1-21-15-19-12-8-10(11-4-5-17-14(16)18-11)7-9-3-2-6-20(15)13(9)12/h4-5,7-8H,2-3,6H2,1H3. The van der Waals surface area contributed by atoms with Crippen molar-refractivity contribution in [1.82, 2.24) is 19.5 Å². The van der Waals surface area contributed by atoms with E-state index in [1.165, 1.54) is 11.1 Å². The lowest BCUT2D eigenvalue weighted by Gasteiger charge is -2.16. The fourth-order valence-electron chi connectivity index (χ4n) is 2.96. The first-order chi connectivity index (χ1) is 10.3. The van der Waals surface area contributed by atoms with Crippen LogP contribution in [0.3, 0.4) is 0 Å². The van der Waals surface area contributed by atoms with Crippen LogP contribution in [0.1, 0.15) is 12.0 Å². The van der Waals surface area contributed by atoms with Crippen molar-refractivity contribution in [2.75, 3.05) is 7.11 Å². The van der Waals surface area contributed by atoms with E-state index in [9.17, 15) is 0 Å². The van der Waals surface area contributed by atoms with Crippen LogP contribution >= 0.6 is 11.6 Å². The lowest BCUT2D eigenvalue weighted by molar-refractivity contribution is 0.356. The normalized spacial score (nSPS) is 13.6. The summed E-state index contributed by atoms with van der Waals surface area (Å²) in [6, 6.07) is 6.72. The van der Waals surface area contributed by atoms with Crippen LogP contribution in [0.2, 0.25) is 5.28 Å². The molecule has 0 bridgehead atoms. The van der Waals surface area contributed by atoms with Gasteiger partial charge in [-0.2, -0.15) is 4.98 Å². The Morgan fingerprint density at radius 2 is 2.19 bits per heavy atom. The zero-order valence-electron chi connectivity index (χ0n) is 11.5. The Hall–Kier alpha value is -2.14. The van der Waals surface area contributed by atoms with Gasteiger partial charge in [0.2, 0.25) is 5.28 Å². The SMILES string of the molecule is COc1nc2cc(-c3ccnc(Cl)n3)cc3c2n1CCC3. The molecule has 0 fully saturated rings. The number of ether oxygens (including phenoxy) is 1. The molecule has 4 rings (SSSR count). The number of halogens is 1. The van der Waals surface area contributed by atoms with E-state index in [-0.39, 0.29) is 5.28 Å². The van der Waals surface area contributed by atoms with Gasteiger partial charge >= 0.3 is 0 Å². The molecule has 0 unspecified atom stereocenters. The molecule has 0 aliphatic carbocycles. The molecule has 0 spiro atoms. The molecule has 1 aromatic carbocycles. The van der Waals surface area contributed by atoms with Gasteiger partial charge in [-0.15, -0.1) is 0 Å². The molecule has 1 aliphatic heterocycles. The maximum absolute atomic E-state index is 5.89. The van der Waals surface area contributed by atoms with Crippen LogP contribution in [0, 0.1) is 0 Å². The second-order valence-corrected chi connectivity index (χ2v) is 5.41. The maximum Gasteiger partial charge on any atom is 0.297 e. The van der Waals surface area contributed by atoms with Gasteiger partial charge < -0.3 is 4.74 Å². The van der Waals surface area contributed by atoms with Gasteiger partial charge in [-0.05, 0) is 48.2 Å². The molecular formula is C15H13ClN4O. The summed E-state index contributed by atoms with van der Waals surface area (Å²) in [6.45, 7) is 0.950. The van der Waals surface area contributed by atoms with Gasteiger partial charge in [0.05, 0.1) is 23.8 Å². The van der Waals surface area contributed by atoms with Gasteiger partial charge in [0.25, 0.3) is 6.01 Å². The van der Waals surface area contributed by atoms with Crippen LogP contribution in [0.15, 0.2) is 24.4 Å². The summed E-state index contributed by atoms with van der Waals surface area (Å²) in [7, 11) is 1.66. The lowest BCUT2D eigenvalue weighted by atomic mass is 10.00. The molecule has 3 aromatic rings. The molecule has 5 nitrogen and oxygen atoms in total. The second-order valence-electron chi connectivity index (χ2n) is 5.07. The van der Waals surface area contributed by atoms with E-state index in [0.29, 0.717) is 6.01 Å². The van der Waals surface area contributed by atoms with Crippen LogP contribution in [-0.4, -0.2) is 26.6 Å². The van der Waals surface area contributed by atoms with Gasteiger partial charge in [-0.25, -0.2) is 9.97 Å². The minimum Gasteiger partial charge on any atom is -0.468 e. The summed E-state index contributed by atoms with van der Waals surface area (Å²) >= 11 is 5.89. The Bertz CT molecular complexity index is 843.